The van der Waals surface area contributed by atoms with Gasteiger partial charge in [-0.25, -0.2) is 0 Å². The molecule has 1 unspecified atom stereocenters. The number of Topliss-reactive ketones (excluding diaryl/α,β-unsaturated/α-hetero) is 1. The summed E-state index contributed by atoms with van der Waals surface area (Å²) in [6, 6.07) is 9.84. The van der Waals surface area contributed by atoms with E-state index in [1.165, 1.54) is 5.56 Å². The van der Waals surface area contributed by atoms with Gasteiger partial charge in [-0.15, -0.1) is 0 Å². The van der Waals surface area contributed by atoms with Gasteiger partial charge in [0.25, 0.3) is 0 Å². The molecule has 0 aliphatic carbocycles. The number of rotatable bonds is 3. The van der Waals surface area contributed by atoms with Crippen molar-refractivity contribution in [1.82, 2.24) is 10.3 Å². The van der Waals surface area contributed by atoms with Gasteiger partial charge in [0, 0.05) is 43.2 Å². The molecule has 20 heavy (non-hydrogen) atoms. The molecule has 3 rings (SSSR count). The van der Waals surface area contributed by atoms with Crippen molar-refractivity contribution in [2.75, 3.05) is 12.3 Å². The molecule has 2 heterocycles. The molecule has 1 aromatic carbocycles. The zero-order chi connectivity index (χ0) is 13.9. The highest BCUT2D eigenvalue weighted by Gasteiger charge is 2.26. The van der Waals surface area contributed by atoms with Crippen molar-refractivity contribution in [3.05, 3.63) is 59.4 Å². The SMILES string of the molecule is Nc1ccncc1CC(=O)C1CNCc2ccccc21. The summed E-state index contributed by atoms with van der Waals surface area (Å²) < 4.78 is 0. The number of benzene rings is 1. The molecule has 0 saturated heterocycles. The lowest BCUT2D eigenvalue weighted by Crippen LogP contribution is -2.33. The third-order valence-electron chi connectivity index (χ3n) is 3.79. The van der Waals surface area contributed by atoms with E-state index in [4.69, 9.17) is 5.73 Å². The van der Waals surface area contributed by atoms with E-state index in [9.17, 15) is 4.79 Å². The minimum atomic E-state index is -0.0976. The Morgan fingerprint density at radius 1 is 1.35 bits per heavy atom. The Labute approximate surface area is 118 Å². The van der Waals surface area contributed by atoms with Crippen molar-refractivity contribution in [3.8, 4) is 0 Å². The van der Waals surface area contributed by atoms with Gasteiger partial charge in [0.1, 0.15) is 5.78 Å². The highest BCUT2D eigenvalue weighted by molar-refractivity contribution is 5.89. The van der Waals surface area contributed by atoms with Crippen LogP contribution in [0.5, 0.6) is 0 Å². The van der Waals surface area contributed by atoms with E-state index in [1.807, 2.05) is 18.2 Å². The van der Waals surface area contributed by atoms with Crippen molar-refractivity contribution in [3.63, 3.8) is 0 Å². The van der Waals surface area contributed by atoms with Gasteiger partial charge < -0.3 is 11.1 Å². The topological polar surface area (TPSA) is 68.0 Å². The van der Waals surface area contributed by atoms with Crippen LogP contribution in [0.3, 0.4) is 0 Å². The number of pyridine rings is 1. The van der Waals surface area contributed by atoms with E-state index in [-0.39, 0.29) is 11.7 Å². The lowest BCUT2D eigenvalue weighted by atomic mass is 9.85. The second-order valence-electron chi connectivity index (χ2n) is 5.10. The van der Waals surface area contributed by atoms with Gasteiger partial charge in [0.2, 0.25) is 0 Å². The first-order valence-electron chi connectivity index (χ1n) is 6.75. The van der Waals surface area contributed by atoms with Crippen molar-refractivity contribution in [2.24, 2.45) is 0 Å². The van der Waals surface area contributed by atoms with E-state index >= 15 is 0 Å². The first-order chi connectivity index (χ1) is 9.75. The molecule has 1 aliphatic heterocycles. The Morgan fingerprint density at radius 2 is 2.20 bits per heavy atom. The monoisotopic (exact) mass is 267 g/mol. The van der Waals surface area contributed by atoms with Gasteiger partial charge in [-0.3, -0.25) is 9.78 Å². The molecule has 0 bridgehead atoms. The normalized spacial score (nSPS) is 17.5. The first kappa shape index (κ1) is 12.8. The molecule has 0 saturated carbocycles. The van der Waals surface area contributed by atoms with Crippen molar-refractivity contribution in [2.45, 2.75) is 18.9 Å². The van der Waals surface area contributed by atoms with Crippen LogP contribution in [0.15, 0.2) is 42.7 Å². The smallest absolute Gasteiger partial charge is 0.146 e. The summed E-state index contributed by atoms with van der Waals surface area (Å²) in [5, 5.41) is 3.30. The van der Waals surface area contributed by atoms with Crippen LogP contribution in [0, 0.1) is 0 Å². The standard InChI is InChI=1S/C16H17N3O/c17-15-5-6-18-9-12(15)7-16(20)14-10-19-8-11-3-1-2-4-13(11)14/h1-6,9,14,19H,7-8,10H2,(H2,17,18). The number of nitrogens with two attached hydrogens (primary N) is 1. The third-order valence-corrected chi connectivity index (χ3v) is 3.79. The van der Waals surface area contributed by atoms with E-state index < -0.39 is 0 Å². The van der Waals surface area contributed by atoms with Crippen LogP contribution >= 0.6 is 0 Å². The number of fused-ring (bicyclic) bond motifs is 1. The Hall–Kier alpha value is -2.20. The van der Waals surface area contributed by atoms with Gasteiger partial charge in [-0.05, 0) is 17.2 Å². The Kier molecular flexibility index (Phi) is 3.48. The van der Waals surface area contributed by atoms with Gasteiger partial charge in [0.05, 0.1) is 5.92 Å². The molecule has 4 heteroatoms. The molecular weight excluding hydrogens is 250 g/mol. The maximum Gasteiger partial charge on any atom is 0.146 e. The number of aromatic nitrogens is 1. The lowest BCUT2D eigenvalue weighted by molar-refractivity contribution is -0.119. The van der Waals surface area contributed by atoms with Crippen LogP contribution in [-0.4, -0.2) is 17.3 Å². The molecule has 1 aliphatic rings. The summed E-state index contributed by atoms with van der Waals surface area (Å²) in [5.74, 6) is 0.0870. The number of nitrogens with one attached hydrogen (secondary N) is 1. The number of ketones is 1. The lowest BCUT2D eigenvalue weighted by Gasteiger charge is -2.25. The fraction of sp³-hybridized carbons (Fsp3) is 0.250. The predicted molar refractivity (Wildman–Crippen MR) is 78.3 cm³/mol. The van der Waals surface area contributed by atoms with Crippen LogP contribution in [0.2, 0.25) is 0 Å². The highest BCUT2D eigenvalue weighted by Crippen LogP contribution is 2.26. The van der Waals surface area contributed by atoms with Crippen LogP contribution in [0.1, 0.15) is 22.6 Å². The molecule has 1 aromatic heterocycles. The van der Waals surface area contributed by atoms with E-state index in [2.05, 4.69) is 16.4 Å². The van der Waals surface area contributed by atoms with Gasteiger partial charge in [0.15, 0.2) is 0 Å². The second-order valence-corrected chi connectivity index (χ2v) is 5.10. The summed E-state index contributed by atoms with van der Waals surface area (Å²) >= 11 is 0. The number of nitrogens with zero attached hydrogens (tertiary/aromatic N) is 1. The molecule has 0 radical (unpaired) electrons. The quantitative estimate of drug-likeness (QED) is 0.887. The van der Waals surface area contributed by atoms with E-state index in [0.717, 1.165) is 17.7 Å². The highest BCUT2D eigenvalue weighted by atomic mass is 16.1. The van der Waals surface area contributed by atoms with Gasteiger partial charge in [-0.1, -0.05) is 24.3 Å². The summed E-state index contributed by atoms with van der Waals surface area (Å²) in [4.78, 5) is 16.6. The van der Waals surface area contributed by atoms with Crippen molar-refractivity contribution in [1.29, 1.82) is 0 Å². The van der Waals surface area contributed by atoms with Crippen LogP contribution < -0.4 is 11.1 Å². The van der Waals surface area contributed by atoms with E-state index in [0.29, 0.717) is 18.7 Å². The van der Waals surface area contributed by atoms with Crippen molar-refractivity contribution < 1.29 is 4.79 Å². The number of anilines is 1. The third kappa shape index (κ3) is 2.42. The number of hydrogen-bond donors (Lipinski definition) is 2. The second kappa shape index (κ2) is 5.43. The summed E-state index contributed by atoms with van der Waals surface area (Å²) in [5.41, 5.74) is 9.66. The van der Waals surface area contributed by atoms with Crippen LogP contribution in [0.4, 0.5) is 5.69 Å². The van der Waals surface area contributed by atoms with E-state index in [1.54, 1.807) is 18.5 Å². The minimum Gasteiger partial charge on any atom is -0.398 e. The Balaban J connectivity index is 1.84. The molecule has 0 fully saturated rings. The number of nitrogen functional groups attached to an aromatic ring is 1. The van der Waals surface area contributed by atoms with Crippen LogP contribution in [0.25, 0.3) is 0 Å². The number of carbonyl (C=O) groups excluding carboxylic acids is 1. The maximum atomic E-state index is 12.6. The average molecular weight is 267 g/mol. The summed E-state index contributed by atoms with van der Waals surface area (Å²) in [6.45, 7) is 1.52. The minimum absolute atomic E-state index is 0.0976. The van der Waals surface area contributed by atoms with Gasteiger partial charge >= 0.3 is 0 Å². The molecule has 102 valence electrons. The first-order valence-corrected chi connectivity index (χ1v) is 6.75. The Bertz CT molecular complexity index is 639. The zero-order valence-electron chi connectivity index (χ0n) is 11.2. The predicted octanol–water partition coefficient (Wildman–Crippen LogP) is 1.66. The fourth-order valence-corrected chi connectivity index (χ4v) is 2.68. The van der Waals surface area contributed by atoms with Gasteiger partial charge in [-0.2, -0.15) is 0 Å². The molecule has 3 N–H and O–H groups in total. The molecular formula is C16H17N3O. The molecule has 0 amide bonds. The maximum absolute atomic E-state index is 12.6. The molecule has 0 spiro atoms. The van der Waals surface area contributed by atoms with Crippen molar-refractivity contribution >= 4 is 11.5 Å². The fourth-order valence-electron chi connectivity index (χ4n) is 2.68. The molecule has 2 aromatic rings. The number of hydrogen-bond acceptors (Lipinski definition) is 4. The zero-order valence-corrected chi connectivity index (χ0v) is 11.2. The largest absolute Gasteiger partial charge is 0.398 e. The Morgan fingerprint density at radius 3 is 3.05 bits per heavy atom. The molecule has 1 atom stereocenters. The molecule has 4 nitrogen and oxygen atoms in total. The summed E-state index contributed by atoms with van der Waals surface area (Å²) in [6.07, 6.45) is 3.65. The summed E-state index contributed by atoms with van der Waals surface area (Å²) in [7, 11) is 0. The number of carbonyl (C=O) groups is 1. The van der Waals surface area contributed by atoms with Crippen LogP contribution in [-0.2, 0) is 17.8 Å². The average Bonchev–Trinajstić information content (AvgIpc) is 2.49.